The highest BCUT2D eigenvalue weighted by Gasteiger charge is 2.26. The number of nitrogens with zero attached hydrogens (tertiary/aromatic N) is 1. The lowest BCUT2D eigenvalue weighted by Gasteiger charge is -2.21. The maximum atomic E-state index is 12.1. The van der Waals surface area contributed by atoms with Crippen LogP contribution in [0.1, 0.15) is 53.6 Å². The van der Waals surface area contributed by atoms with Crippen molar-refractivity contribution >= 4 is 33.8 Å². The summed E-state index contributed by atoms with van der Waals surface area (Å²) in [5.41, 5.74) is 11.9. The Labute approximate surface area is 129 Å². The van der Waals surface area contributed by atoms with Crippen LogP contribution in [0, 0.1) is 0 Å². The molecule has 1 aromatic rings. The largest absolute Gasteiger partial charge is 0.397 e. The first-order valence-corrected chi connectivity index (χ1v) is 8.04. The molecule has 1 rings (SSSR count). The Morgan fingerprint density at radius 2 is 1.90 bits per heavy atom. The zero-order valence-corrected chi connectivity index (χ0v) is 13.7. The molecule has 21 heavy (non-hydrogen) atoms. The predicted octanol–water partition coefficient (Wildman–Crippen LogP) is 1.81. The van der Waals surface area contributed by atoms with Crippen molar-refractivity contribution in [2.24, 2.45) is 5.73 Å². The van der Waals surface area contributed by atoms with Crippen LogP contribution >= 0.6 is 11.3 Å². The fourth-order valence-corrected chi connectivity index (χ4v) is 3.29. The fourth-order valence-electron chi connectivity index (χ4n) is 2.05. The molecule has 0 fully saturated rings. The lowest BCUT2D eigenvalue weighted by molar-refractivity contribution is 0.0958. The fraction of sp³-hybridized carbons (Fsp3) is 0.571. The van der Waals surface area contributed by atoms with Crippen LogP contribution in [-0.4, -0.2) is 31.4 Å². The Morgan fingerprint density at radius 1 is 1.24 bits per heavy atom. The van der Waals surface area contributed by atoms with Crippen molar-refractivity contribution in [2.45, 2.75) is 33.6 Å². The van der Waals surface area contributed by atoms with Crippen LogP contribution in [0.2, 0.25) is 0 Å². The van der Waals surface area contributed by atoms with Crippen LogP contribution in [0.4, 0.5) is 10.7 Å². The van der Waals surface area contributed by atoms with Crippen molar-refractivity contribution in [1.29, 1.82) is 0 Å². The molecule has 0 atom stereocenters. The molecule has 0 aliphatic heterocycles. The summed E-state index contributed by atoms with van der Waals surface area (Å²) < 4.78 is 0. The van der Waals surface area contributed by atoms with E-state index < -0.39 is 5.91 Å². The molecule has 0 radical (unpaired) electrons. The molecular weight excluding hydrogens is 288 g/mol. The lowest BCUT2D eigenvalue weighted by Crippen LogP contribution is -2.26. The molecule has 6 nitrogen and oxygen atoms in total. The smallest absolute Gasteiger partial charge is 0.263 e. The zero-order valence-electron chi connectivity index (χ0n) is 12.9. The third kappa shape index (κ3) is 3.87. The maximum Gasteiger partial charge on any atom is 0.263 e. The van der Waals surface area contributed by atoms with E-state index in [1.54, 1.807) is 0 Å². The minimum Gasteiger partial charge on any atom is -0.397 e. The van der Waals surface area contributed by atoms with E-state index in [1.807, 2.05) is 18.7 Å². The number of nitrogens with one attached hydrogen (secondary N) is 1. The second kappa shape index (κ2) is 7.87. The van der Waals surface area contributed by atoms with Crippen LogP contribution in [0.5, 0.6) is 0 Å². The average molecular weight is 312 g/mol. The number of thiophene rings is 1. The van der Waals surface area contributed by atoms with Gasteiger partial charge in [0, 0.05) is 19.6 Å². The van der Waals surface area contributed by atoms with Crippen LogP contribution in [0.3, 0.4) is 0 Å². The first kappa shape index (κ1) is 17.3. The van der Waals surface area contributed by atoms with Gasteiger partial charge >= 0.3 is 0 Å². The number of amides is 2. The molecule has 0 spiro atoms. The van der Waals surface area contributed by atoms with Gasteiger partial charge in [0.25, 0.3) is 11.8 Å². The van der Waals surface area contributed by atoms with Gasteiger partial charge in [-0.25, -0.2) is 0 Å². The minimum atomic E-state index is -0.595. The molecular formula is C14H24N4O2S. The summed E-state index contributed by atoms with van der Waals surface area (Å²) in [6.07, 6.45) is 1.77. The maximum absolute atomic E-state index is 12.1. The summed E-state index contributed by atoms with van der Waals surface area (Å²) in [5, 5.41) is 3.46. The van der Waals surface area contributed by atoms with Gasteiger partial charge in [-0.05, 0) is 19.8 Å². The minimum absolute atomic E-state index is 0.186. The zero-order chi connectivity index (χ0) is 16.0. The highest BCUT2D eigenvalue weighted by molar-refractivity contribution is 7.19. The molecule has 0 aliphatic carbocycles. The SMILES string of the molecule is CCCNC(=O)c1sc(N(CC)CCC)c(C(N)=O)c1N. The highest BCUT2D eigenvalue weighted by Crippen LogP contribution is 2.38. The van der Waals surface area contributed by atoms with E-state index in [0.29, 0.717) is 16.4 Å². The first-order chi connectivity index (χ1) is 9.97. The van der Waals surface area contributed by atoms with E-state index in [0.717, 1.165) is 25.9 Å². The Kier molecular flexibility index (Phi) is 6.48. The van der Waals surface area contributed by atoms with Gasteiger partial charge in [0.2, 0.25) is 0 Å². The van der Waals surface area contributed by atoms with Crippen LogP contribution in [0.25, 0.3) is 0 Å². The Hall–Kier alpha value is -1.76. The summed E-state index contributed by atoms with van der Waals surface area (Å²) in [5.74, 6) is -0.844. The Balaban J connectivity index is 3.24. The number of carbonyl (C=O) groups is 2. The third-order valence-electron chi connectivity index (χ3n) is 3.08. The molecule has 0 saturated heterocycles. The van der Waals surface area contributed by atoms with Gasteiger partial charge in [-0.2, -0.15) is 0 Å². The molecule has 5 N–H and O–H groups in total. The molecule has 0 unspecified atom stereocenters. The molecule has 1 heterocycles. The van der Waals surface area contributed by atoms with Gasteiger partial charge in [-0.15, -0.1) is 11.3 Å². The Morgan fingerprint density at radius 3 is 2.38 bits per heavy atom. The summed E-state index contributed by atoms with van der Waals surface area (Å²) >= 11 is 1.23. The van der Waals surface area contributed by atoms with Gasteiger partial charge in [-0.1, -0.05) is 13.8 Å². The van der Waals surface area contributed by atoms with Gasteiger partial charge in [0.15, 0.2) is 0 Å². The van der Waals surface area contributed by atoms with Gasteiger partial charge in [0.05, 0.1) is 11.3 Å². The van der Waals surface area contributed by atoms with E-state index in [2.05, 4.69) is 12.2 Å². The monoisotopic (exact) mass is 312 g/mol. The van der Waals surface area contributed by atoms with Crippen molar-refractivity contribution in [3.8, 4) is 0 Å². The van der Waals surface area contributed by atoms with Crippen molar-refractivity contribution in [3.05, 3.63) is 10.4 Å². The van der Waals surface area contributed by atoms with Crippen molar-refractivity contribution in [2.75, 3.05) is 30.3 Å². The summed E-state index contributed by atoms with van der Waals surface area (Å²) in [4.78, 5) is 26.2. The number of primary amides is 1. The summed E-state index contributed by atoms with van der Waals surface area (Å²) in [7, 11) is 0. The molecule has 2 amide bonds. The van der Waals surface area contributed by atoms with Crippen molar-refractivity contribution in [1.82, 2.24) is 5.32 Å². The number of anilines is 2. The van der Waals surface area contributed by atoms with E-state index in [9.17, 15) is 9.59 Å². The Bertz CT molecular complexity index is 513. The van der Waals surface area contributed by atoms with Crippen molar-refractivity contribution in [3.63, 3.8) is 0 Å². The molecule has 1 aromatic heterocycles. The van der Waals surface area contributed by atoms with E-state index >= 15 is 0 Å². The van der Waals surface area contributed by atoms with Crippen LogP contribution in [0.15, 0.2) is 0 Å². The van der Waals surface area contributed by atoms with Crippen LogP contribution in [-0.2, 0) is 0 Å². The lowest BCUT2D eigenvalue weighted by atomic mass is 10.2. The number of hydrogen-bond acceptors (Lipinski definition) is 5. The first-order valence-electron chi connectivity index (χ1n) is 7.22. The van der Waals surface area contributed by atoms with E-state index in [1.165, 1.54) is 11.3 Å². The number of nitrogen functional groups attached to an aromatic ring is 1. The highest BCUT2D eigenvalue weighted by atomic mass is 32.1. The standard InChI is InChI=1S/C14H24N4O2S/c1-4-7-17-13(20)11-10(15)9(12(16)19)14(21-11)18(6-3)8-5-2/h4-8,15H2,1-3H3,(H2,16,19)(H,17,20). The predicted molar refractivity (Wildman–Crippen MR) is 88.1 cm³/mol. The number of nitrogens with two attached hydrogens (primary N) is 2. The third-order valence-corrected chi connectivity index (χ3v) is 4.34. The molecule has 0 saturated carbocycles. The molecule has 7 heteroatoms. The average Bonchev–Trinajstić information content (AvgIpc) is 2.79. The molecule has 0 bridgehead atoms. The molecule has 0 aliphatic rings. The van der Waals surface area contributed by atoms with Gasteiger partial charge in [-0.3, -0.25) is 9.59 Å². The second-order valence-corrected chi connectivity index (χ2v) is 5.72. The second-order valence-electron chi connectivity index (χ2n) is 4.72. The molecule has 0 aromatic carbocycles. The number of rotatable bonds is 8. The number of hydrogen-bond donors (Lipinski definition) is 3. The normalized spacial score (nSPS) is 10.4. The van der Waals surface area contributed by atoms with E-state index in [4.69, 9.17) is 11.5 Å². The molecule has 118 valence electrons. The van der Waals surface area contributed by atoms with Crippen LogP contribution < -0.4 is 21.7 Å². The van der Waals surface area contributed by atoms with Gasteiger partial charge in [0.1, 0.15) is 9.88 Å². The van der Waals surface area contributed by atoms with E-state index in [-0.39, 0.29) is 17.2 Å². The van der Waals surface area contributed by atoms with Gasteiger partial charge < -0.3 is 21.7 Å². The topological polar surface area (TPSA) is 101 Å². The quantitative estimate of drug-likeness (QED) is 0.681. The number of carbonyl (C=O) groups excluding carboxylic acids is 2. The summed E-state index contributed by atoms with van der Waals surface area (Å²) in [6.45, 7) is 8.10. The summed E-state index contributed by atoms with van der Waals surface area (Å²) in [6, 6.07) is 0. The van der Waals surface area contributed by atoms with Crippen molar-refractivity contribution < 1.29 is 9.59 Å².